The Morgan fingerprint density at radius 2 is 1.80 bits per heavy atom. The first-order chi connectivity index (χ1) is 14.5. The first-order valence-electron chi connectivity index (χ1n) is 9.64. The van der Waals surface area contributed by atoms with Crippen molar-refractivity contribution in [3.05, 3.63) is 78.3 Å². The molecule has 0 atom stereocenters. The Bertz CT molecular complexity index is 1180. The van der Waals surface area contributed by atoms with Crippen molar-refractivity contribution in [3.63, 3.8) is 0 Å². The molecule has 1 amide bonds. The predicted molar refractivity (Wildman–Crippen MR) is 116 cm³/mol. The summed E-state index contributed by atoms with van der Waals surface area (Å²) in [6, 6.07) is 11.5. The van der Waals surface area contributed by atoms with E-state index in [1.807, 2.05) is 51.1 Å². The van der Waals surface area contributed by atoms with E-state index in [0.717, 1.165) is 39.3 Å². The normalized spacial score (nSPS) is 10.8. The highest BCUT2D eigenvalue weighted by Crippen LogP contribution is 2.27. The summed E-state index contributed by atoms with van der Waals surface area (Å²) in [7, 11) is 0. The van der Waals surface area contributed by atoms with Crippen LogP contribution < -0.4 is 5.32 Å². The summed E-state index contributed by atoms with van der Waals surface area (Å²) in [5, 5.41) is 7.40. The second-order valence-electron chi connectivity index (χ2n) is 7.11. The number of nitrogens with zero attached hydrogens (tertiary/aromatic N) is 5. The number of hydrogen-bond acceptors (Lipinski definition) is 5. The quantitative estimate of drug-likeness (QED) is 0.550. The van der Waals surface area contributed by atoms with Gasteiger partial charge >= 0.3 is 0 Å². The van der Waals surface area contributed by atoms with Crippen LogP contribution in [0.2, 0.25) is 0 Å². The van der Waals surface area contributed by atoms with Gasteiger partial charge in [-0.2, -0.15) is 5.10 Å². The Morgan fingerprint density at radius 1 is 0.967 bits per heavy atom. The third-order valence-corrected chi connectivity index (χ3v) is 4.89. The van der Waals surface area contributed by atoms with Gasteiger partial charge in [-0.1, -0.05) is 6.07 Å². The standard InChI is InChI=1S/C23H22N6O/c1-15-11-18(8-10-25-15)23-16(2)28-29(17(23)3)14-22(30)27-21-7-6-20(13-26-21)19-5-4-9-24-12-19/h4-13H,14H2,1-3H3,(H,26,27,30). The lowest BCUT2D eigenvalue weighted by atomic mass is 10.0. The van der Waals surface area contributed by atoms with Crippen molar-refractivity contribution >= 4 is 11.7 Å². The number of aryl methyl sites for hydroxylation is 2. The molecule has 4 aromatic rings. The summed E-state index contributed by atoms with van der Waals surface area (Å²) in [4.78, 5) is 25.3. The van der Waals surface area contributed by atoms with Gasteiger partial charge in [0.05, 0.1) is 5.69 Å². The second kappa shape index (κ2) is 8.24. The first kappa shape index (κ1) is 19.4. The van der Waals surface area contributed by atoms with Gasteiger partial charge in [0.2, 0.25) is 5.91 Å². The molecule has 7 heteroatoms. The third kappa shape index (κ3) is 4.10. The molecule has 4 heterocycles. The smallest absolute Gasteiger partial charge is 0.247 e. The van der Waals surface area contributed by atoms with Gasteiger partial charge < -0.3 is 5.32 Å². The Balaban J connectivity index is 1.48. The van der Waals surface area contributed by atoms with Gasteiger partial charge in [0, 0.05) is 52.9 Å². The molecule has 1 N–H and O–H groups in total. The van der Waals surface area contributed by atoms with E-state index in [1.165, 1.54) is 0 Å². The van der Waals surface area contributed by atoms with Crippen molar-refractivity contribution in [2.45, 2.75) is 27.3 Å². The van der Waals surface area contributed by atoms with Gasteiger partial charge in [-0.3, -0.25) is 19.4 Å². The average Bonchev–Trinajstić information content (AvgIpc) is 3.02. The molecule has 150 valence electrons. The molecule has 0 bridgehead atoms. The molecule has 7 nitrogen and oxygen atoms in total. The van der Waals surface area contributed by atoms with Gasteiger partial charge in [-0.05, 0) is 56.7 Å². The van der Waals surface area contributed by atoms with Gasteiger partial charge in [0.1, 0.15) is 12.4 Å². The monoisotopic (exact) mass is 398 g/mol. The number of anilines is 1. The molecular weight excluding hydrogens is 376 g/mol. The fraction of sp³-hybridized carbons (Fsp3) is 0.174. The largest absolute Gasteiger partial charge is 0.309 e. The summed E-state index contributed by atoms with van der Waals surface area (Å²) in [6.45, 7) is 5.99. The van der Waals surface area contributed by atoms with E-state index >= 15 is 0 Å². The van der Waals surface area contributed by atoms with Crippen molar-refractivity contribution in [3.8, 4) is 22.3 Å². The lowest BCUT2D eigenvalue weighted by molar-refractivity contribution is -0.117. The van der Waals surface area contributed by atoms with Crippen LogP contribution in [0.25, 0.3) is 22.3 Å². The van der Waals surface area contributed by atoms with E-state index in [4.69, 9.17) is 0 Å². The highest BCUT2D eigenvalue weighted by molar-refractivity contribution is 5.90. The van der Waals surface area contributed by atoms with E-state index in [0.29, 0.717) is 5.82 Å². The maximum Gasteiger partial charge on any atom is 0.247 e. The number of aromatic nitrogens is 5. The molecule has 0 aliphatic carbocycles. The van der Waals surface area contributed by atoms with Crippen LogP contribution in [0.3, 0.4) is 0 Å². The molecule has 0 aromatic carbocycles. The minimum absolute atomic E-state index is 0.114. The van der Waals surface area contributed by atoms with Gasteiger partial charge in [0.15, 0.2) is 0 Å². The maximum absolute atomic E-state index is 12.6. The van der Waals surface area contributed by atoms with Crippen LogP contribution in [0.15, 0.2) is 61.2 Å². The average molecular weight is 398 g/mol. The second-order valence-corrected chi connectivity index (χ2v) is 7.11. The molecule has 0 radical (unpaired) electrons. The number of carbonyl (C=O) groups excluding carboxylic acids is 1. The van der Waals surface area contributed by atoms with Crippen LogP contribution in [-0.2, 0) is 11.3 Å². The molecule has 0 aliphatic heterocycles. The van der Waals surface area contributed by atoms with Crippen LogP contribution in [-0.4, -0.2) is 30.6 Å². The van der Waals surface area contributed by atoms with Crippen LogP contribution in [0.1, 0.15) is 17.1 Å². The Hall–Kier alpha value is -3.87. The fourth-order valence-corrected chi connectivity index (χ4v) is 3.46. The topological polar surface area (TPSA) is 85.6 Å². The number of carbonyl (C=O) groups is 1. The number of rotatable bonds is 5. The molecular formula is C23H22N6O. The highest BCUT2D eigenvalue weighted by Gasteiger charge is 2.16. The zero-order valence-corrected chi connectivity index (χ0v) is 17.1. The van der Waals surface area contributed by atoms with Crippen LogP contribution in [0.5, 0.6) is 0 Å². The van der Waals surface area contributed by atoms with Crippen LogP contribution in [0, 0.1) is 20.8 Å². The molecule has 0 fully saturated rings. The molecule has 4 aromatic heterocycles. The van der Waals surface area contributed by atoms with Crippen molar-refractivity contribution in [2.24, 2.45) is 0 Å². The maximum atomic E-state index is 12.6. The van der Waals surface area contributed by atoms with Crippen LogP contribution >= 0.6 is 0 Å². The number of amides is 1. The predicted octanol–water partition coefficient (Wildman–Crippen LogP) is 3.97. The zero-order valence-electron chi connectivity index (χ0n) is 17.1. The molecule has 0 saturated carbocycles. The molecule has 30 heavy (non-hydrogen) atoms. The highest BCUT2D eigenvalue weighted by atomic mass is 16.2. The fourth-order valence-electron chi connectivity index (χ4n) is 3.46. The van der Waals surface area contributed by atoms with E-state index in [-0.39, 0.29) is 12.5 Å². The summed E-state index contributed by atoms with van der Waals surface area (Å²) in [5.41, 5.74) is 6.76. The lowest BCUT2D eigenvalue weighted by Gasteiger charge is -2.08. The van der Waals surface area contributed by atoms with Crippen molar-refractivity contribution in [2.75, 3.05) is 5.32 Å². The number of pyridine rings is 3. The van der Waals surface area contributed by atoms with Crippen molar-refractivity contribution < 1.29 is 4.79 Å². The summed E-state index contributed by atoms with van der Waals surface area (Å²) >= 11 is 0. The zero-order chi connectivity index (χ0) is 21.1. The minimum atomic E-state index is -0.181. The Labute approximate surface area is 174 Å². The molecule has 0 unspecified atom stereocenters. The van der Waals surface area contributed by atoms with Crippen molar-refractivity contribution in [1.29, 1.82) is 0 Å². The van der Waals surface area contributed by atoms with Crippen LogP contribution in [0.4, 0.5) is 5.82 Å². The number of nitrogens with one attached hydrogen (secondary N) is 1. The van der Waals surface area contributed by atoms with Gasteiger partial charge in [-0.15, -0.1) is 0 Å². The Morgan fingerprint density at radius 3 is 2.50 bits per heavy atom. The molecule has 0 aliphatic rings. The molecule has 4 rings (SSSR count). The van der Waals surface area contributed by atoms with E-state index in [1.54, 1.807) is 35.5 Å². The van der Waals surface area contributed by atoms with E-state index in [2.05, 4.69) is 25.4 Å². The first-order valence-corrected chi connectivity index (χ1v) is 9.64. The SMILES string of the molecule is Cc1cc(-c2c(C)nn(CC(=O)Nc3ccc(-c4cccnc4)cn3)c2C)ccn1. The third-order valence-electron chi connectivity index (χ3n) is 4.89. The lowest BCUT2D eigenvalue weighted by Crippen LogP contribution is -2.20. The summed E-state index contributed by atoms with van der Waals surface area (Å²) in [6.07, 6.45) is 7.01. The Kier molecular flexibility index (Phi) is 5.34. The van der Waals surface area contributed by atoms with Gasteiger partial charge in [0.25, 0.3) is 0 Å². The van der Waals surface area contributed by atoms with E-state index in [9.17, 15) is 4.79 Å². The summed E-state index contributed by atoms with van der Waals surface area (Å²) in [5.74, 6) is 0.318. The number of hydrogen-bond donors (Lipinski definition) is 1. The van der Waals surface area contributed by atoms with E-state index < -0.39 is 0 Å². The van der Waals surface area contributed by atoms with Crippen molar-refractivity contribution in [1.82, 2.24) is 24.7 Å². The minimum Gasteiger partial charge on any atom is -0.309 e. The summed E-state index contributed by atoms with van der Waals surface area (Å²) < 4.78 is 1.72. The van der Waals surface area contributed by atoms with Gasteiger partial charge in [-0.25, -0.2) is 4.98 Å². The molecule has 0 saturated heterocycles. The molecule has 0 spiro atoms.